The molecule has 0 unspecified atom stereocenters. The van der Waals surface area contributed by atoms with Crippen LogP contribution in [0.2, 0.25) is 0 Å². The molecular weight excluding hydrogens is 362 g/mol. The molecule has 0 atom stereocenters. The number of carbonyl (C=O) groups excluding carboxylic acids is 2. The summed E-state index contributed by atoms with van der Waals surface area (Å²) in [5, 5.41) is 2.63. The summed E-state index contributed by atoms with van der Waals surface area (Å²) < 4.78 is 15.7. The molecule has 0 saturated carbocycles. The molecule has 0 aliphatic rings. The number of rotatable bonds is 9. The molecule has 1 N–H and O–H groups in total. The standard InChI is InChI=1S/C20H25N3O5/c1-23(10-7-14-5-8-21-9-6-14)18(24)13-22-20(25)15-11-16(26-2)19(28-4)17(12-15)27-3/h5-6,8-9,11-12H,7,10,13H2,1-4H3,(H,22,25). The van der Waals surface area contributed by atoms with E-state index in [4.69, 9.17) is 14.2 Å². The van der Waals surface area contributed by atoms with Gasteiger partial charge in [-0.2, -0.15) is 0 Å². The molecular formula is C20H25N3O5. The van der Waals surface area contributed by atoms with Crippen molar-refractivity contribution in [3.63, 3.8) is 0 Å². The summed E-state index contributed by atoms with van der Waals surface area (Å²) in [6.07, 6.45) is 4.15. The average molecular weight is 387 g/mol. The predicted molar refractivity (Wildman–Crippen MR) is 104 cm³/mol. The highest BCUT2D eigenvalue weighted by Crippen LogP contribution is 2.38. The van der Waals surface area contributed by atoms with Gasteiger partial charge in [0, 0.05) is 31.5 Å². The van der Waals surface area contributed by atoms with Crippen LogP contribution in [0.5, 0.6) is 17.2 Å². The quantitative estimate of drug-likeness (QED) is 0.702. The summed E-state index contributed by atoms with van der Waals surface area (Å²) in [6, 6.07) is 6.89. The molecule has 8 nitrogen and oxygen atoms in total. The molecule has 0 saturated heterocycles. The Morgan fingerprint density at radius 1 is 1.04 bits per heavy atom. The smallest absolute Gasteiger partial charge is 0.251 e. The zero-order valence-corrected chi connectivity index (χ0v) is 16.5. The molecule has 150 valence electrons. The van der Waals surface area contributed by atoms with Crippen LogP contribution in [-0.2, 0) is 11.2 Å². The molecule has 1 aromatic heterocycles. The van der Waals surface area contributed by atoms with Gasteiger partial charge in [0.05, 0.1) is 27.9 Å². The fourth-order valence-electron chi connectivity index (χ4n) is 2.58. The van der Waals surface area contributed by atoms with Gasteiger partial charge in [0.25, 0.3) is 5.91 Å². The van der Waals surface area contributed by atoms with Crippen LogP contribution in [-0.4, -0.2) is 63.2 Å². The fraction of sp³-hybridized carbons (Fsp3) is 0.350. The molecule has 0 aliphatic carbocycles. The van der Waals surface area contributed by atoms with Crippen LogP contribution in [0, 0.1) is 0 Å². The number of ether oxygens (including phenoxy) is 3. The molecule has 2 rings (SSSR count). The van der Waals surface area contributed by atoms with Gasteiger partial charge >= 0.3 is 0 Å². The number of likely N-dealkylation sites (N-methyl/N-ethyl adjacent to an activating group) is 1. The molecule has 1 aromatic carbocycles. The van der Waals surface area contributed by atoms with E-state index < -0.39 is 5.91 Å². The molecule has 0 fully saturated rings. The number of methoxy groups -OCH3 is 3. The van der Waals surface area contributed by atoms with E-state index in [1.165, 1.54) is 33.5 Å². The van der Waals surface area contributed by atoms with E-state index in [9.17, 15) is 9.59 Å². The number of hydrogen-bond donors (Lipinski definition) is 1. The summed E-state index contributed by atoms with van der Waals surface area (Å²) in [5.74, 6) is 0.541. The highest BCUT2D eigenvalue weighted by Gasteiger charge is 2.18. The molecule has 0 aliphatic heterocycles. The third-order valence-corrected chi connectivity index (χ3v) is 4.24. The van der Waals surface area contributed by atoms with Crippen molar-refractivity contribution >= 4 is 11.8 Å². The molecule has 2 aromatic rings. The summed E-state index contributed by atoms with van der Waals surface area (Å²) >= 11 is 0. The Morgan fingerprint density at radius 2 is 1.64 bits per heavy atom. The van der Waals surface area contributed by atoms with Crippen LogP contribution >= 0.6 is 0 Å². The second-order valence-corrected chi connectivity index (χ2v) is 6.02. The normalized spacial score (nSPS) is 10.1. The SMILES string of the molecule is COc1cc(C(=O)NCC(=O)N(C)CCc2ccncc2)cc(OC)c1OC. The van der Waals surface area contributed by atoms with E-state index in [0.29, 0.717) is 35.8 Å². The summed E-state index contributed by atoms with van der Waals surface area (Å²) in [5.41, 5.74) is 1.40. The van der Waals surface area contributed by atoms with Gasteiger partial charge in [0.1, 0.15) is 0 Å². The average Bonchev–Trinajstić information content (AvgIpc) is 2.74. The van der Waals surface area contributed by atoms with Gasteiger partial charge in [-0.15, -0.1) is 0 Å². The van der Waals surface area contributed by atoms with Gasteiger partial charge in [-0.1, -0.05) is 0 Å². The van der Waals surface area contributed by atoms with Crippen molar-refractivity contribution in [1.29, 1.82) is 0 Å². The van der Waals surface area contributed by atoms with Crippen molar-refractivity contribution < 1.29 is 23.8 Å². The van der Waals surface area contributed by atoms with Crippen LogP contribution in [0.4, 0.5) is 0 Å². The fourth-order valence-corrected chi connectivity index (χ4v) is 2.58. The number of amides is 2. The number of pyridine rings is 1. The first kappa shape index (κ1) is 21.0. The third kappa shape index (κ3) is 5.35. The predicted octanol–water partition coefficient (Wildman–Crippen LogP) is 1.54. The minimum atomic E-state index is -0.407. The number of nitrogens with zero attached hydrogens (tertiary/aromatic N) is 2. The first-order valence-corrected chi connectivity index (χ1v) is 8.71. The number of aromatic nitrogens is 1. The lowest BCUT2D eigenvalue weighted by atomic mass is 10.1. The second-order valence-electron chi connectivity index (χ2n) is 6.02. The van der Waals surface area contributed by atoms with Crippen molar-refractivity contribution in [2.75, 3.05) is 41.5 Å². The monoisotopic (exact) mass is 387 g/mol. The lowest BCUT2D eigenvalue weighted by Gasteiger charge is -2.18. The van der Waals surface area contributed by atoms with Gasteiger partial charge in [-0.3, -0.25) is 14.6 Å². The van der Waals surface area contributed by atoms with E-state index >= 15 is 0 Å². The zero-order chi connectivity index (χ0) is 20.5. The van der Waals surface area contributed by atoms with Crippen LogP contribution in [0.15, 0.2) is 36.7 Å². The number of hydrogen-bond acceptors (Lipinski definition) is 6. The number of nitrogens with one attached hydrogen (secondary N) is 1. The van der Waals surface area contributed by atoms with Crippen molar-refractivity contribution in [2.24, 2.45) is 0 Å². The van der Waals surface area contributed by atoms with E-state index in [1.807, 2.05) is 12.1 Å². The minimum absolute atomic E-state index is 0.109. The maximum atomic E-state index is 12.4. The van der Waals surface area contributed by atoms with Crippen LogP contribution < -0.4 is 19.5 Å². The Morgan fingerprint density at radius 3 is 2.18 bits per heavy atom. The van der Waals surface area contributed by atoms with Crippen molar-refractivity contribution in [1.82, 2.24) is 15.2 Å². The minimum Gasteiger partial charge on any atom is -0.493 e. The van der Waals surface area contributed by atoms with Crippen molar-refractivity contribution in [2.45, 2.75) is 6.42 Å². The summed E-state index contributed by atoms with van der Waals surface area (Å²) in [6.45, 7) is 0.436. The van der Waals surface area contributed by atoms with E-state index in [2.05, 4.69) is 10.3 Å². The van der Waals surface area contributed by atoms with E-state index in [1.54, 1.807) is 24.3 Å². The van der Waals surface area contributed by atoms with Gasteiger partial charge in [-0.05, 0) is 36.2 Å². The Labute approximate surface area is 164 Å². The van der Waals surface area contributed by atoms with E-state index in [-0.39, 0.29) is 12.5 Å². The Bertz CT molecular complexity index is 786. The molecule has 0 radical (unpaired) electrons. The maximum Gasteiger partial charge on any atom is 0.251 e. The third-order valence-electron chi connectivity index (χ3n) is 4.24. The molecule has 2 amide bonds. The van der Waals surface area contributed by atoms with Crippen molar-refractivity contribution in [3.05, 3.63) is 47.8 Å². The molecule has 8 heteroatoms. The zero-order valence-electron chi connectivity index (χ0n) is 16.5. The molecule has 0 bridgehead atoms. The lowest BCUT2D eigenvalue weighted by molar-refractivity contribution is -0.128. The number of carbonyl (C=O) groups is 2. The largest absolute Gasteiger partial charge is 0.493 e. The first-order valence-electron chi connectivity index (χ1n) is 8.71. The van der Waals surface area contributed by atoms with E-state index in [0.717, 1.165) is 5.56 Å². The van der Waals surface area contributed by atoms with Gasteiger partial charge in [0.15, 0.2) is 11.5 Å². The molecule has 0 spiro atoms. The summed E-state index contributed by atoms with van der Waals surface area (Å²) in [7, 11) is 6.14. The lowest BCUT2D eigenvalue weighted by Crippen LogP contribution is -2.39. The second kappa shape index (κ2) is 10.1. The van der Waals surface area contributed by atoms with Crippen LogP contribution in [0.1, 0.15) is 15.9 Å². The summed E-state index contributed by atoms with van der Waals surface area (Å²) in [4.78, 5) is 30.3. The highest BCUT2D eigenvalue weighted by atomic mass is 16.5. The van der Waals surface area contributed by atoms with Crippen LogP contribution in [0.25, 0.3) is 0 Å². The Balaban J connectivity index is 1.94. The van der Waals surface area contributed by atoms with Gasteiger partial charge in [0.2, 0.25) is 11.7 Å². The topological polar surface area (TPSA) is 90.0 Å². The Kier molecular flexibility index (Phi) is 7.62. The van der Waals surface area contributed by atoms with Gasteiger partial charge in [-0.25, -0.2) is 0 Å². The first-order chi connectivity index (χ1) is 13.5. The number of benzene rings is 1. The molecule has 1 heterocycles. The van der Waals surface area contributed by atoms with Gasteiger partial charge < -0.3 is 24.4 Å². The highest BCUT2D eigenvalue weighted by molar-refractivity contribution is 5.97. The van der Waals surface area contributed by atoms with Crippen molar-refractivity contribution in [3.8, 4) is 17.2 Å². The Hall–Kier alpha value is -3.29. The molecule has 28 heavy (non-hydrogen) atoms. The maximum absolute atomic E-state index is 12.4. The van der Waals surface area contributed by atoms with Crippen LogP contribution in [0.3, 0.4) is 0 Å².